The Labute approximate surface area is 139 Å². The summed E-state index contributed by atoms with van der Waals surface area (Å²) < 4.78 is 13.0. The molecule has 0 aromatic heterocycles. The highest BCUT2D eigenvalue weighted by molar-refractivity contribution is 5.82. The first kappa shape index (κ1) is 17.6. The molecule has 2 aromatic rings. The number of carbonyl (C=O) groups is 2. The Morgan fingerprint density at radius 2 is 1.71 bits per heavy atom. The molecule has 0 radical (unpaired) electrons. The van der Waals surface area contributed by atoms with Crippen molar-refractivity contribution in [3.05, 3.63) is 71.5 Å². The van der Waals surface area contributed by atoms with Gasteiger partial charge in [0.05, 0.1) is 6.42 Å². The van der Waals surface area contributed by atoms with Gasteiger partial charge in [-0.15, -0.1) is 0 Å². The molecule has 24 heavy (non-hydrogen) atoms. The van der Waals surface area contributed by atoms with Crippen LogP contribution in [0.2, 0.25) is 0 Å². The molecule has 0 saturated heterocycles. The van der Waals surface area contributed by atoms with E-state index in [0.717, 1.165) is 0 Å². The molecule has 2 aromatic carbocycles. The average molecular weight is 330 g/mol. The number of benzene rings is 2. The second kappa shape index (κ2) is 8.79. The number of aliphatic hydroxyl groups excluding tert-OH is 1. The highest BCUT2D eigenvalue weighted by Crippen LogP contribution is 2.11. The van der Waals surface area contributed by atoms with Crippen LogP contribution in [0.1, 0.15) is 17.2 Å². The second-order valence-electron chi connectivity index (χ2n) is 5.26. The highest BCUT2D eigenvalue weighted by Gasteiger charge is 2.16. The van der Waals surface area contributed by atoms with Crippen molar-refractivity contribution in [1.29, 1.82) is 0 Å². The minimum Gasteiger partial charge on any atom is -0.378 e. The van der Waals surface area contributed by atoms with Gasteiger partial charge < -0.3 is 15.7 Å². The van der Waals surface area contributed by atoms with E-state index in [1.807, 2.05) is 0 Å². The molecule has 2 amide bonds. The molecular weight excluding hydrogens is 311 g/mol. The Kier molecular flexibility index (Phi) is 6.45. The topological polar surface area (TPSA) is 78.4 Å². The number of hydrogen-bond donors (Lipinski definition) is 3. The van der Waals surface area contributed by atoms with Crippen molar-refractivity contribution >= 4 is 11.8 Å². The van der Waals surface area contributed by atoms with E-state index in [9.17, 15) is 19.1 Å². The maximum atomic E-state index is 13.0. The number of amides is 2. The van der Waals surface area contributed by atoms with E-state index < -0.39 is 12.0 Å². The smallest absolute Gasteiger partial charge is 0.253 e. The van der Waals surface area contributed by atoms with Crippen molar-refractivity contribution in [3.63, 3.8) is 0 Å². The van der Waals surface area contributed by atoms with E-state index in [1.54, 1.807) is 42.5 Å². The summed E-state index contributed by atoms with van der Waals surface area (Å²) in [5.41, 5.74) is 1.08. The van der Waals surface area contributed by atoms with Gasteiger partial charge in [0.1, 0.15) is 5.82 Å². The largest absolute Gasteiger partial charge is 0.378 e. The number of rotatable bonds is 7. The molecule has 0 heterocycles. The normalized spacial score (nSPS) is 11.6. The third kappa shape index (κ3) is 5.48. The Bertz CT molecular complexity index is 692. The van der Waals surface area contributed by atoms with Crippen molar-refractivity contribution in [1.82, 2.24) is 10.6 Å². The van der Waals surface area contributed by atoms with E-state index in [-0.39, 0.29) is 31.2 Å². The lowest BCUT2D eigenvalue weighted by molar-refractivity contribution is -0.129. The predicted molar refractivity (Wildman–Crippen MR) is 87.5 cm³/mol. The van der Waals surface area contributed by atoms with Gasteiger partial charge in [0.2, 0.25) is 5.91 Å². The van der Waals surface area contributed by atoms with Crippen molar-refractivity contribution in [2.24, 2.45) is 0 Å². The Morgan fingerprint density at radius 1 is 1.00 bits per heavy atom. The molecule has 3 N–H and O–H groups in total. The molecule has 0 bridgehead atoms. The first-order valence-corrected chi connectivity index (χ1v) is 7.58. The third-order valence-corrected chi connectivity index (χ3v) is 3.36. The van der Waals surface area contributed by atoms with Gasteiger partial charge in [0.15, 0.2) is 6.10 Å². The number of carbonyl (C=O) groups excluding carboxylic acids is 2. The lowest BCUT2D eigenvalue weighted by Gasteiger charge is -2.12. The first-order valence-electron chi connectivity index (χ1n) is 7.58. The summed E-state index contributed by atoms with van der Waals surface area (Å²) in [6, 6.07) is 14.4. The molecule has 0 aliphatic rings. The third-order valence-electron chi connectivity index (χ3n) is 3.36. The van der Waals surface area contributed by atoms with Crippen LogP contribution in [-0.4, -0.2) is 30.0 Å². The SMILES string of the molecule is O=C(Cc1cccc(F)c1)NCCNC(=O)C(O)c1ccccc1. The summed E-state index contributed by atoms with van der Waals surface area (Å²) in [5.74, 6) is -1.18. The molecule has 0 fully saturated rings. The van der Waals surface area contributed by atoms with Crippen LogP contribution in [0.25, 0.3) is 0 Å². The van der Waals surface area contributed by atoms with Gasteiger partial charge in [-0.05, 0) is 23.3 Å². The predicted octanol–water partition coefficient (Wildman–Crippen LogP) is 1.33. The van der Waals surface area contributed by atoms with Gasteiger partial charge in [-0.3, -0.25) is 9.59 Å². The molecule has 6 heteroatoms. The molecule has 5 nitrogen and oxygen atoms in total. The Balaban J connectivity index is 1.69. The summed E-state index contributed by atoms with van der Waals surface area (Å²) in [4.78, 5) is 23.5. The van der Waals surface area contributed by atoms with Gasteiger partial charge >= 0.3 is 0 Å². The van der Waals surface area contributed by atoms with Gasteiger partial charge in [-0.2, -0.15) is 0 Å². The lowest BCUT2D eigenvalue weighted by atomic mass is 10.1. The highest BCUT2D eigenvalue weighted by atomic mass is 19.1. The molecule has 1 unspecified atom stereocenters. The molecule has 126 valence electrons. The number of hydrogen-bond acceptors (Lipinski definition) is 3. The first-order chi connectivity index (χ1) is 11.6. The zero-order chi connectivity index (χ0) is 17.4. The average Bonchev–Trinajstić information content (AvgIpc) is 2.58. The molecule has 0 aliphatic carbocycles. The Morgan fingerprint density at radius 3 is 2.42 bits per heavy atom. The standard InChI is InChI=1S/C18H19FN2O3/c19-15-8-4-5-13(11-15)12-16(22)20-9-10-21-18(24)17(23)14-6-2-1-3-7-14/h1-8,11,17,23H,9-10,12H2,(H,20,22)(H,21,24). The van der Waals surface area contributed by atoms with Crippen LogP contribution >= 0.6 is 0 Å². The van der Waals surface area contributed by atoms with Crippen LogP contribution in [0.4, 0.5) is 4.39 Å². The molecule has 0 saturated carbocycles. The number of aliphatic hydroxyl groups is 1. The summed E-state index contributed by atoms with van der Waals surface area (Å²) in [6.07, 6.45) is -1.17. The second-order valence-corrected chi connectivity index (χ2v) is 5.26. The van der Waals surface area contributed by atoms with Crippen molar-refractivity contribution in [3.8, 4) is 0 Å². The monoisotopic (exact) mass is 330 g/mol. The van der Waals surface area contributed by atoms with Gasteiger partial charge in [0, 0.05) is 13.1 Å². The van der Waals surface area contributed by atoms with Crippen LogP contribution in [0.3, 0.4) is 0 Å². The summed E-state index contributed by atoms with van der Waals surface area (Å²) in [6.45, 7) is 0.416. The summed E-state index contributed by atoms with van der Waals surface area (Å²) >= 11 is 0. The maximum Gasteiger partial charge on any atom is 0.253 e. The van der Waals surface area contributed by atoms with E-state index in [0.29, 0.717) is 11.1 Å². The minimum absolute atomic E-state index is 0.0678. The number of halogens is 1. The molecule has 0 spiro atoms. The summed E-state index contributed by atoms with van der Waals surface area (Å²) in [5, 5.41) is 15.1. The van der Waals surface area contributed by atoms with Gasteiger partial charge in [-0.1, -0.05) is 42.5 Å². The van der Waals surface area contributed by atoms with Crippen molar-refractivity contribution in [2.45, 2.75) is 12.5 Å². The molecule has 2 rings (SSSR count). The fraction of sp³-hybridized carbons (Fsp3) is 0.222. The van der Waals surface area contributed by atoms with Crippen LogP contribution < -0.4 is 10.6 Å². The van der Waals surface area contributed by atoms with Gasteiger partial charge in [-0.25, -0.2) is 4.39 Å². The zero-order valence-corrected chi connectivity index (χ0v) is 13.0. The fourth-order valence-electron chi connectivity index (χ4n) is 2.17. The van der Waals surface area contributed by atoms with Gasteiger partial charge in [0.25, 0.3) is 5.91 Å². The maximum absolute atomic E-state index is 13.0. The quantitative estimate of drug-likeness (QED) is 0.670. The number of nitrogens with one attached hydrogen (secondary N) is 2. The van der Waals surface area contributed by atoms with Crippen LogP contribution in [0, 0.1) is 5.82 Å². The van der Waals surface area contributed by atoms with Crippen molar-refractivity contribution < 1.29 is 19.1 Å². The van der Waals surface area contributed by atoms with Crippen molar-refractivity contribution in [2.75, 3.05) is 13.1 Å². The lowest BCUT2D eigenvalue weighted by Crippen LogP contribution is -2.37. The minimum atomic E-state index is -1.24. The van der Waals surface area contributed by atoms with E-state index in [1.165, 1.54) is 12.1 Å². The Hall–Kier alpha value is -2.73. The molecular formula is C18H19FN2O3. The van der Waals surface area contributed by atoms with Crippen LogP contribution in [-0.2, 0) is 16.0 Å². The zero-order valence-electron chi connectivity index (χ0n) is 13.0. The van der Waals surface area contributed by atoms with E-state index >= 15 is 0 Å². The van der Waals surface area contributed by atoms with Crippen LogP contribution in [0.15, 0.2) is 54.6 Å². The molecule has 1 atom stereocenters. The van der Waals surface area contributed by atoms with E-state index in [2.05, 4.69) is 10.6 Å². The molecule has 0 aliphatic heterocycles. The van der Waals surface area contributed by atoms with Crippen LogP contribution in [0.5, 0.6) is 0 Å². The van der Waals surface area contributed by atoms with E-state index in [4.69, 9.17) is 0 Å². The fourth-order valence-corrected chi connectivity index (χ4v) is 2.17. The summed E-state index contributed by atoms with van der Waals surface area (Å²) in [7, 11) is 0.